The molecule has 188 valence electrons. The molecule has 1 unspecified atom stereocenters. The number of para-hydroxylation sites is 1. The van der Waals surface area contributed by atoms with Crippen molar-refractivity contribution in [1.82, 2.24) is 19.6 Å². The normalized spacial score (nSPS) is 14.9. The van der Waals surface area contributed by atoms with Crippen molar-refractivity contribution in [1.29, 1.82) is 0 Å². The van der Waals surface area contributed by atoms with Crippen molar-refractivity contribution in [3.63, 3.8) is 0 Å². The fourth-order valence-electron chi connectivity index (χ4n) is 5.05. The van der Waals surface area contributed by atoms with E-state index in [1.165, 1.54) is 0 Å². The van der Waals surface area contributed by atoms with Crippen LogP contribution in [0.15, 0.2) is 64.1 Å². The van der Waals surface area contributed by atoms with Gasteiger partial charge in [0.15, 0.2) is 17.2 Å². The quantitative estimate of drug-likeness (QED) is 0.292. The van der Waals surface area contributed by atoms with E-state index < -0.39 is 11.5 Å². The zero-order valence-corrected chi connectivity index (χ0v) is 21.6. The topological polar surface area (TPSA) is 85.8 Å². The third-order valence-corrected chi connectivity index (χ3v) is 6.99. The fraction of sp³-hybridized carbons (Fsp3) is 0.310. The van der Waals surface area contributed by atoms with Crippen molar-refractivity contribution in [2.75, 3.05) is 18.0 Å². The van der Waals surface area contributed by atoms with Crippen LogP contribution in [0.2, 0.25) is 0 Å². The molecule has 6 rings (SSSR count). The smallest absolute Gasteiger partial charge is 0.344 e. The van der Waals surface area contributed by atoms with Crippen LogP contribution in [0.4, 0.5) is 5.69 Å². The molecular formula is C29H29N5O3. The first-order valence-electron chi connectivity index (χ1n) is 12.6. The van der Waals surface area contributed by atoms with Gasteiger partial charge in [0, 0.05) is 24.2 Å². The molecule has 8 heteroatoms. The van der Waals surface area contributed by atoms with Gasteiger partial charge >= 0.3 is 5.63 Å². The van der Waals surface area contributed by atoms with Crippen LogP contribution >= 0.6 is 0 Å². The first kappa shape index (κ1) is 23.2. The summed E-state index contributed by atoms with van der Waals surface area (Å²) in [5.41, 5.74) is 3.60. The molecule has 0 N–H and O–H groups in total. The molecule has 0 saturated carbocycles. The summed E-state index contributed by atoms with van der Waals surface area (Å²) >= 11 is 0. The van der Waals surface area contributed by atoms with E-state index in [0.29, 0.717) is 39.8 Å². The highest BCUT2D eigenvalue weighted by Gasteiger charge is 2.38. The maximum absolute atomic E-state index is 13.5. The van der Waals surface area contributed by atoms with Crippen LogP contribution in [-0.2, 0) is 5.41 Å². The molecule has 1 atom stereocenters. The second kappa shape index (κ2) is 8.44. The summed E-state index contributed by atoms with van der Waals surface area (Å²) < 4.78 is 13.8. The first-order chi connectivity index (χ1) is 17.8. The minimum atomic E-state index is -0.487. The molecule has 2 aromatic carbocycles. The largest absolute Gasteiger partial charge is 0.437 e. The summed E-state index contributed by atoms with van der Waals surface area (Å²) in [4.78, 5) is 25.3. The van der Waals surface area contributed by atoms with Gasteiger partial charge in [-0.05, 0) is 43.7 Å². The van der Waals surface area contributed by atoms with Crippen LogP contribution in [0.1, 0.15) is 63.1 Å². The molecular weight excluding hydrogens is 466 g/mol. The number of ether oxygens (including phenoxy) is 1. The molecule has 0 fully saturated rings. The highest BCUT2D eigenvalue weighted by molar-refractivity contribution is 5.86. The maximum atomic E-state index is 13.5. The highest BCUT2D eigenvalue weighted by atomic mass is 16.5. The molecule has 0 spiro atoms. The summed E-state index contributed by atoms with van der Waals surface area (Å²) in [6.45, 7) is 12.3. The molecule has 0 radical (unpaired) electrons. The SMILES string of the molecule is CCN(CC)c1ccc(C2c3c(c4ccccc4oc3=O)Oc3ncn4nc(C(C)(C)C)nc4c32)cc1. The van der Waals surface area contributed by atoms with E-state index in [1.807, 2.05) is 18.2 Å². The number of hydrogen-bond acceptors (Lipinski definition) is 7. The van der Waals surface area contributed by atoms with E-state index in [-0.39, 0.29) is 5.41 Å². The summed E-state index contributed by atoms with van der Waals surface area (Å²) in [6.07, 6.45) is 1.62. The maximum Gasteiger partial charge on any atom is 0.344 e. The number of fused-ring (bicyclic) bond motifs is 6. The molecule has 0 aliphatic carbocycles. The molecule has 1 aliphatic rings. The Balaban J connectivity index is 1.65. The minimum absolute atomic E-state index is 0.261. The zero-order chi connectivity index (χ0) is 25.9. The van der Waals surface area contributed by atoms with Gasteiger partial charge in [0.1, 0.15) is 11.9 Å². The summed E-state index contributed by atoms with van der Waals surface area (Å²) in [5, 5.41) is 5.42. The Hall–Kier alpha value is -4.20. The van der Waals surface area contributed by atoms with Gasteiger partial charge in [0.25, 0.3) is 0 Å². The number of benzene rings is 2. The predicted molar refractivity (Wildman–Crippen MR) is 143 cm³/mol. The van der Waals surface area contributed by atoms with Crippen LogP contribution in [0, 0.1) is 0 Å². The minimum Gasteiger partial charge on any atom is -0.437 e. The highest BCUT2D eigenvalue weighted by Crippen LogP contribution is 2.49. The Bertz CT molecular complexity index is 1690. The van der Waals surface area contributed by atoms with Gasteiger partial charge in [-0.3, -0.25) is 0 Å². The van der Waals surface area contributed by atoms with Crippen LogP contribution < -0.4 is 15.3 Å². The third kappa shape index (κ3) is 3.66. The van der Waals surface area contributed by atoms with Crippen molar-refractivity contribution in [2.24, 2.45) is 0 Å². The van der Waals surface area contributed by atoms with E-state index in [9.17, 15) is 4.79 Å². The van der Waals surface area contributed by atoms with Gasteiger partial charge in [-0.1, -0.05) is 45.0 Å². The first-order valence-corrected chi connectivity index (χ1v) is 12.6. The average molecular weight is 496 g/mol. The molecule has 5 aromatic rings. The van der Waals surface area contributed by atoms with Crippen LogP contribution in [0.3, 0.4) is 0 Å². The van der Waals surface area contributed by atoms with Crippen LogP contribution in [-0.4, -0.2) is 32.7 Å². The van der Waals surface area contributed by atoms with Gasteiger partial charge in [-0.2, -0.15) is 0 Å². The van der Waals surface area contributed by atoms with Gasteiger partial charge in [0.05, 0.1) is 22.4 Å². The van der Waals surface area contributed by atoms with Crippen molar-refractivity contribution >= 4 is 22.3 Å². The lowest BCUT2D eigenvalue weighted by Crippen LogP contribution is -2.23. The van der Waals surface area contributed by atoms with Gasteiger partial charge in [-0.25, -0.2) is 19.3 Å². The molecule has 0 amide bonds. The monoisotopic (exact) mass is 495 g/mol. The average Bonchev–Trinajstić information content (AvgIpc) is 3.34. The lowest BCUT2D eigenvalue weighted by Gasteiger charge is -2.28. The van der Waals surface area contributed by atoms with E-state index >= 15 is 0 Å². The van der Waals surface area contributed by atoms with E-state index in [4.69, 9.17) is 14.1 Å². The van der Waals surface area contributed by atoms with E-state index in [2.05, 4.69) is 73.9 Å². The lowest BCUT2D eigenvalue weighted by molar-refractivity contribution is 0.422. The van der Waals surface area contributed by atoms with Crippen molar-refractivity contribution in [3.8, 4) is 11.6 Å². The Morgan fingerprint density at radius 1 is 1.00 bits per heavy atom. The standard InChI is InChI=1S/C29H29N5O3/c1-6-33(7-2)18-14-12-17(13-15-18)21-22-24(19-10-8-9-11-20(19)36-27(22)35)37-26-23(21)25-31-28(29(3,4)5)32-34(25)16-30-26/h8-16,21H,6-7H2,1-5H3. The Morgan fingerprint density at radius 2 is 1.73 bits per heavy atom. The third-order valence-electron chi connectivity index (χ3n) is 6.99. The van der Waals surface area contributed by atoms with Gasteiger partial charge < -0.3 is 14.1 Å². The Morgan fingerprint density at radius 3 is 2.43 bits per heavy atom. The molecule has 3 aromatic heterocycles. The van der Waals surface area contributed by atoms with Gasteiger partial charge in [0.2, 0.25) is 5.88 Å². The lowest BCUT2D eigenvalue weighted by atomic mass is 9.84. The van der Waals surface area contributed by atoms with Crippen LogP contribution in [0.5, 0.6) is 11.6 Å². The summed E-state index contributed by atoms with van der Waals surface area (Å²) in [6, 6.07) is 15.7. The molecule has 4 heterocycles. The van der Waals surface area contributed by atoms with Crippen molar-refractivity contribution in [3.05, 3.63) is 87.8 Å². The number of anilines is 1. The second-order valence-electron chi connectivity index (χ2n) is 10.3. The molecule has 1 aliphatic heterocycles. The summed E-state index contributed by atoms with van der Waals surface area (Å²) in [5.74, 6) is 1.10. The number of hydrogen-bond donors (Lipinski definition) is 0. The van der Waals surface area contributed by atoms with E-state index in [1.54, 1.807) is 16.9 Å². The summed E-state index contributed by atoms with van der Waals surface area (Å²) in [7, 11) is 0. The Kier molecular flexibility index (Phi) is 5.29. The van der Waals surface area contributed by atoms with Crippen molar-refractivity contribution < 1.29 is 9.15 Å². The number of aromatic nitrogens is 4. The molecule has 0 bridgehead atoms. The predicted octanol–water partition coefficient (Wildman–Crippen LogP) is 5.66. The van der Waals surface area contributed by atoms with Gasteiger partial charge in [-0.15, -0.1) is 5.10 Å². The van der Waals surface area contributed by atoms with E-state index in [0.717, 1.165) is 29.7 Å². The number of nitrogens with zero attached hydrogens (tertiary/aromatic N) is 5. The van der Waals surface area contributed by atoms with Crippen LogP contribution in [0.25, 0.3) is 16.6 Å². The Labute approximate surface area is 214 Å². The van der Waals surface area contributed by atoms with Crippen molar-refractivity contribution in [2.45, 2.75) is 46.0 Å². The fourth-order valence-corrected chi connectivity index (χ4v) is 5.05. The molecule has 0 saturated heterocycles. The second-order valence-corrected chi connectivity index (χ2v) is 10.3. The number of rotatable bonds is 4. The molecule has 37 heavy (non-hydrogen) atoms. The molecule has 8 nitrogen and oxygen atoms in total. The zero-order valence-electron chi connectivity index (χ0n) is 21.6.